The molecule has 4 nitrogen and oxygen atoms in total. The van der Waals surface area contributed by atoms with Crippen LogP contribution in [0, 0.1) is 0 Å². The third kappa shape index (κ3) is 1.23. The van der Waals surface area contributed by atoms with E-state index < -0.39 is 0 Å². The van der Waals surface area contributed by atoms with Gasteiger partial charge in [0.25, 0.3) is 5.58 Å². The molecule has 4 rings (SSSR count). The highest BCUT2D eigenvalue weighted by atomic mass is 17.0. The van der Waals surface area contributed by atoms with Crippen molar-refractivity contribution in [2.45, 2.75) is 19.3 Å². The highest BCUT2D eigenvalue weighted by Crippen LogP contribution is 2.56. The summed E-state index contributed by atoms with van der Waals surface area (Å²) in [5.74, 6) is 1.86. The third-order valence-electron chi connectivity index (χ3n) is 3.81. The molecule has 0 fully saturated rings. The molecule has 0 saturated heterocycles. The molecule has 4 heteroatoms. The van der Waals surface area contributed by atoms with Gasteiger partial charge in [-0.05, 0) is 17.7 Å². The van der Waals surface area contributed by atoms with E-state index in [1.807, 2.05) is 18.2 Å². The van der Waals surface area contributed by atoms with Crippen molar-refractivity contribution in [1.82, 2.24) is 0 Å². The maximum absolute atomic E-state index is 9.39. The van der Waals surface area contributed by atoms with Gasteiger partial charge in [0.15, 0.2) is 5.75 Å². The molecule has 2 aromatic carbocycles. The normalized spacial score (nSPS) is 13.4. The number of fused-ring (bicyclic) bond motifs is 4. The summed E-state index contributed by atoms with van der Waals surface area (Å²) in [7, 11) is 0. The number of hydrogen-bond donors (Lipinski definition) is 1. The monoisotopic (exact) mass is 256 g/mol. The Morgan fingerprint density at radius 1 is 1.05 bits per heavy atom. The number of benzene rings is 2. The van der Waals surface area contributed by atoms with Crippen LogP contribution in [0.15, 0.2) is 39.5 Å². The van der Waals surface area contributed by atoms with Crippen molar-refractivity contribution < 1.29 is 19.0 Å². The van der Waals surface area contributed by atoms with E-state index >= 15 is 0 Å². The number of rotatable bonds is 2. The Hall–Kier alpha value is -2.36. The highest BCUT2D eigenvalue weighted by Gasteiger charge is 2.40. The van der Waals surface area contributed by atoms with E-state index in [-0.39, 0.29) is 11.2 Å². The van der Waals surface area contributed by atoms with Crippen molar-refractivity contribution in [3.63, 3.8) is 0 Å². The number of aromatic hydroxyl groups is 1. The maximum Gasteiger partial charge on any atom is 0.268 e. The lowest BCUT2D eigenvalue weighted by molar-refractivity contribution is 0.0540. The molecular formula is C15H12O4. The molecule has 2 bridgehead atoms. The molecule has 96 valence electrons. The van der Waals surface area contributed by atoms with Gasteiger partial charge in [-0.3, -0.25) is 9.15 Å². The third-order valence-corrected chi connectivity index (χ3v) is 3.81. The van der Waals surface area contributed by atoms with Crippen LogP contribution in [0.4, 0.5) is 0 Å². The van der Waals surface area contributed by atoms with Gasteiger partial charge in [-0.2, -0.15) is 0 Å². The standard InChI is InChI=1S/C15H12O4/c1-15(2,8-3-5-9(16)6-4-8)12-10-7-11-13(19-18-11)14(12)17-10/h3-7,16H,1-2H3. The Balaban J connectivity index is 1.88. The molecule has 0 amide bonds. The summed E-state index contributed by atoms with van der Waals surface area (Å²) >= 11 is 0. The molecule has 1 aliphatic rings. The van der Waals surface area contributed by atoms with E-state index in [2.05, 4.69) is 13.8 Å². The van der Waals surface area contributed by atoms with E-state index in [4.69, 9.17) is 13.9 Å². The Morgan fingerprint density at radius 2 is 1.79 bits per heavy atom. The highest BCUT2D eigenvalue weighted by molar-refractivity contribution is 5.88. The van der Waals surface area contributed by atoms with Crippen molar-refractivity contribution in [1.29, 1.82) is 0 Å². The second-order valence-electron chi connectivity index (χ2n) is 5.35. The van der Waals surface area contributed by atoms with Gasteiger partial charge in [0.1, 0.15) is 11.5 Å². The molecular weight excluding hydrogens is 244 g/mol. The first-order valence-corrected chi connectivity index (χ1v) is 6.11. The summed E-state index contributed by atoms with van der Waals surface area (Å²) in [6.45, 7) is 4.24. The molecule has 0 saturated carbocycles. The quantitative estimate of drug-likeness (QED) is 0.547. The molecule has 0 aliphatic carbocycles. The van der Waals surface area contributed by atoms with Crippen LogP contribution < -0.4 is 4.74 Å². The van der Waals surface area contributed by atoms with E-state index in [0.29, 0.717) is 5.58 Å². The molecule has 1 aliphatic heterocycles. The summed E-state index contributed by atoms with van der Waals surface area (Å²) in [6, 6.07) is 9.08. The fraction of sp³-hybridized carbons (Fsp3) is 0.200. The average Bonchev–Trinajstić information content (AvgIpc) is 2.29. The second kappa shape index (κ2) is 3.15. The van der Waals surface area contributed by atoms with Crippen molar-refractivity contribution in [2.24, 2.45) is 0 Å². The number of ether oxygens (including phenoxy) is 1. The topological polar surface area (TPSA) is 55.7 Å². The lowest BCUT2D eigenvalue weighted by atomic mass is 9.75. The van der Waals surface area contributed by atoms with Gasteiger partial charge >= 0.3 is 0 Å². The summed E-state index contributed by atoms with van der Waals surface area (Å²) in [6.07, 6.45) is 0. The molecule has 0 atom stereocenters. The summed E-state index contributed by atoms with van der Waals surface area (Å²) < 4.78 is 15.4. The first-order chi connectivity index (χ1) is 9.07. The fourth-order valence-electron chi connectivity index (χ4n) is 2.64. The van der Waals surface area contributed by atoms with E-state index in [1.165, 1.54) is 0 Å². The van der Waals surface area contributed by atoms with Gasteiger partial charge in [0, 0.05) is 11.5 Å². The van der Waals surface area contributed by atoms with Crippen LogP contribution in [0.5, 0.6) is 17.2 Å². The van der Waals surface area contributed by atoms with Crippen LogP contribution in [0.3, 0.4) is 0 Å². The number of phenolic OH excluding ortho intramolecular Hbond substituents is 1. The lowest BCUT2D eigenvalue weighted by Crippen LogP contribution is -2.25. The van der Waals surface area contributed by atoms with Crippen molar-refractivity contribution >= 4 is 11.2 Å². The minimum Gasteiger partial charge on any atom is -0.508 e. The van der Waals surface area contributed by atoms with Gasteiger partial charge < -0.3 is 9.84 Å². The van der Waals surface area contributed by atoms with Gasteiger partial charge in [0.2, 0.25) is 5.58 Å². The predicted molar refractivity (Wildman–Crippen MR) is 68.8 cm³/mol. The van der Waals surface area contributed by atoms with Gasteiger partial charge in [-0.15, -0.1) is 0 Å². The van der Waals surface area contributed by atoms with E-state index in [9.17, 15) is 5.11 Å². The maximum atomic E-state index is 9.39. The molecule has 2 heterocycles. The largest absolute Gasteiger partial charge is 0.508 e. The van der Waals surface area contributed by atoms with Crippen molar-refractivity contribution in [3.05, 3.63) is 41.5 Å². The van der Waals surface area contributed by atoms with Crippen LogP contribution in [-0.4, -0.2) is 5.11 Å². The van der Waals surface area contributed by atoms with Gasteiger partial charge in [-0.1, -0.05) is 26.0 Å². The predicted octanol–water partition coefficient (Wildman–Crippen LogP) is 4.16. The van der Waals surface area contributed by atoms with Crippen molar-refractivity contribution in [3.8, 4) is 17.2 Å². The SMILES string of the molecule is CC(C)(c1ccc(O)cc1)c1c2cc3ooc3c1O2. The summed E-state index contributed by atoms with van der Waals surface area (Å²) in [5, 5.41) is 9.39. The van der Waals surface area contributed by atoms with Gasteiger partial charge in [-0.25, -0.2) is 0 Å². The Bertz CT molecular complexity index is 774. The van der Waals surface area contributed by atoms with Crippen LogP contribution in [0.2, 0.25) is 0 Å². The fourth-order valence-corrected chi connectivity index (χ4v) is 2.64. The number of phenols is 1. The smallest absolute Gasteiger partial charge is 0.268 e. The lowest BCUT2D eigenvalue weighted by Gasteiger charge is -2.35. The Morgan fingerprint density at radius 3 is 2.37 bits per heavy atom. The molecule has 0 unspecified atom stereocenters. The van der Waals surface area contributed by atoms with E-state index in [0.717, 1.165) is 28.2 Å². The molecule has 0 spiro atoms. The zero-order valence-corrected chi connectivity index (χ0v) is 10.6. The first-order valence-electron chi connectivity index (χ1n) is 6.11. The molecule has 1 N–H and O–H groups in total. The second-order valence-corrected chi connectivity index (χ2v) is 5.35. The van der Waals surface area contributed by atoms with Gasteiger partial charge in [0.05, 0.1) is 5.56 Å². The Labute approximate surface area is 109 Å². The first kappa shape index (κ1) is 10.6. The molecule has 3 aromatic rings. The van der Waals surface area contributed by atoms with Crippen LogP contribution >= 0.6 is 0 Å². The Kier molecular flexibility index (Phi) is 1.75. The molecule has 19 heavy (non-hydrogen) atoms. The summed E-state index contributed by atoms with van der Waals surface area (Å²) in [5.41, 5.74) is 3.42. The van der Waals surface area contributed by atoms with Crippen LogP contribution in [0.1, 0.15) is 25.0 Å². The minimum atomic E-state index is -0.218. The van der Waals surface area contributed by atoms with E-state index in [1.54, 1.807) is 12.1 Å². The molecule has 0 radical (unpaired) electrons. The zero-order chi connectivity index (χ0) is 13.2. The minimum absolute atomic E-state index is 0.218. The van der Waals surface area contributed by atoms with Crippen LogP contribution in [-0.2, 0) is 5.41 Å². The van der Waals surface area contributed by atoms with Crippen molar-refractivity contribution in [2.75, 3.05) is 0 Å². The van der Waals surface area contributed by atoms with Crippen LogP contribution in [0.25, 0.3) is 11.2 Å². The zero-order valence-electron chi connectivity index (χ0n) is 10.6. The number of hydrogen-bond acceptors (Lipinski definition) is 4. The summed E-state index contributed by atoms with van der Waals surface area (Å²) in [4.78, 5) is 0. The average molecular weight is 256 g/mol. The molecule has 1 aromatic heterocycles.